The number of hydrogen-bond acceptors (Lipinski definition) is 2. The van der Waals surface area contributed by atoms with Gasteiger partial charge in [0.1, 0.15) is 0 Å². The standard InChI is InChI=1S/C13H21NO/c1-10(2)14-13(4,9-15)12-7-5-6-11(3)8-12/h5-8,10,14-15H,9H2,1-4H3. The molecule has 15 heavy (non-hydrogen) atoms. The van der Waals surface area contributed by atoms with E-state index >= 15 is 0 Å². The van der Waals surface area contributed by atoms with E-state index in [1.807, 2.05) is 13.0 Å². The molecule has 0 aliphatic carbocycles. The Hall–Kier alpha value is -0.860. The van der Waals surface area contributed by atoms with Gasteiger partial charge in [0.05, 0.1) is 12.1 Å². The van der Waals surface area contributed by atoms with Gasteiger partial charge in [0, 0.05) is 6.04 Å². The molecule has 0 fully saturated rings. The van der Waals surface area contributed by atoms with Crippen LogP contribution >= 0.6 is 0 Å². The number of rotatable bonds is 4. The first-order chi connectivity index (χ1) is 6.98. The first-order valence-electron chi connectivity index (χ1n) is 5.43. The van der Waals surface area contributed by atoms with Crippen LogP contribution in [0.5, 0.6) is 0 Å². The number of hydrogen-bond donors (Lipinski definition) is 2. The summed E-state index contributed by atoms with van der Waals surface area (Å²) in [5.41, 5.74) is 2.01. The van der Waals surface area contributed by atoms with Crippen LogP contribution in [-0.4, -0.2) is 17.8 Å². The van der Waals surface area contributed by atoms with Crippen LogP contribution in [0.2, 0.25) is 0 Å². The number of benzene rings is 1. The van der Waals surface area contributed by atoms with Crippen LogP contribution in [0.15, 0.2) is 24.3 Å². The molecule has 2 nitrogen and oxygen atoms in total. The Labute approximate surface area is 92.3 Å². The normalized spacial score (nSPS) is 15.3. The van der Waals surface area contributed by atoms with E-state index in [9.17, 15) is 5.11 Å². The Morgan fingerprint density at radius 2 is 2.07 bits per heavy atom. The Morgan fingerprint density at radius 3 is 2.53 bits per heavy atom. The third-order valence-electron chi connectivity index (χ3n) is 2.58. The summed E-state index contributed by atoms with van der Waals surface area (Å²) in [6, 6.07) is 8.62. The van der Waals surface area contributed by atoms with Gasteiger partial charge in [-0.15, -0.1) is 0 Å². The van der Waals surface area contributed by atoms with E-state index in [1.54, 1.807) is 0 Å². The van der Waals surface area contributed by atoms with E-state index in [0.717, 1.165) is 5.56 Å². The molecule has 0 heterocycles. The largest absolute Gasteiger partial charge is 0.394 e. The van der Waals surface area contributed by atoms with Crippen molar-refractivity contribution in [1.29, 1.82) is 0 Å². The summed E-state index contributed by atoms with van der Waals surface area (Å²) < 4.78 is 0. The third kappa shape index (κ3) is 3.05. The fourth-order valence-corrected chi connectivity index (χ4v) is 1.85. The van der Waals surface area contributed by atoms with Crippen molar-refractivity contribution < 1.29 is 5.11 Å². The van der Waals surface area contributed by atoms with Crippen molar-refractivity contribution in [2.75, 3.05) is 6.61 Å². The topological polar surface area (TPSA) is 32.3 Å². The summed E-state index contributed by atoms with van der Waals surface area (Å²) >= 11 is 0. The van der Waals surface area contributed by atoms with E-state index in [1.165, 1.54) is 5.56 Å². The zero-order chi connectivity index (χ0) is 11.5. The third-order valence-corrected chi connectivity index (χ3v) is 2.58. The van der Waals surface area contributed by atoms with Crippen molar-refractivity contribution in [2.45, 2.75) is 39.3 Å². The average molecular weight is 207 g/mol. The van der Waals surface area contributed by atoms with Crippen molar-refractivity contribution in [2.24, 2.45) is 0 Å². The maximum Gasteiger partial charge on any atom is 0.0652 e. The number of aliphatic hydroxyl groups is 1. The van der Waals surface area contributed by atoms with E-state index in [4.69, 9.17) is 0 Å². The highest BCUT2D eigenvalue weighted by molar-refractivity contribution is 5.28. The molecular weight excluding hydrogens is 186 g/mol. The van der Waals surface area contributed by atoms with Crippen LogP contribution in [0.1, 0.15) is 31.9 Å². The Morgan fingerprint density at radius 1 is 1.40 bits per heavy atom. The molecule has 0 radical (unpaired) electrons. The second-order valence-electron chi connectivity index (χ2n) is 4.66. The minimum absolute atomic E-state index is 0.106. The van der Waals surface area contributed by atoms with Gasteiger partial charge in [0.15, 0.2) is 0 Å². The average Bonchev–Trinajstić information content (AvgIpc) is 2.16. The van der Waals surface area contributed by atoms with E-state index < -0.39 is 0 Å². The molecule has 0 amide bonds. The molecule has 0 bridgehead atoms. The van der Waals surface area contributed by atoms with Gasteiger partial charge in [-0.3, -0.25) is 0 Å². The van der Waals surface area contributed by atoms with Crippen LogP contribution in [0.25, 0.3) is 0 Å². The summed E-state index contributed by atoms with van der Waals surface area (Å²) in [4.78, 5) is 0. The van der Waals surface area contributed by atoms with Gasteiger partial charge in [0.25, 0.3) is 0 Å². The number of aliphatic hydroxyl groups excluding tert-OH is 1. The highest BCUT2D eigenvalue weighted by atomic mass is 16.3. The van der Waals surface area contributed by atoms with Gasteiger partial charge in [-0.1, -0.05) is 29.8 Å². The lowest BCUT2D eigenvalue weighted by molar-refractivity contribution is 0.166. The number of aryl methyl sites for hydroxylation is 1. The Balaban J connectivity index is 3.00. The maximum absolute atomic E-state index is 9.52. The summed E-state index contributed by atoms with van der Waals surface area (Å²) in [6.07, 6.45) is 0. The molecule has 1 unspecified atom stereocenters. The number of nitrogens with one attached hydrogen (secondary N) is 1. The van der Waals surface area contributed by atoms with E-state index in [0.29, 0.717) is 6.04 Å². The van der Waals surface area contributed by atoms with Crippen molar-refractivity contribution >= 4 is 0 Å². The summed E-state index contributed by atoms with van der Waals surface area (Å²) in [5.74, 6) is 0. The summed E-state index contributed by atoms with van der Waals surface area (Å²) in [7, 11) is 0. The van der Waals surface area contributed by atoms with Crippen molar-refractivity contribution in [1.82, 2.24) is 5.32 Å². The highest BCUT2D eigenvalue weighted by Crippen LogP contribution is 2.21. The van der Waals surface area contributed by atoms with E-state index in [2.05, 4.69) is 44.3 Å². The lowest BCUT2D eigenvalue weighted by Gasteiger charge is -2.32. The fourth-order valence-electron chi connectivity index (χ4n) is 1.85. The molecular formula is C13H21NO. The van der Waals surface area contributed by atoms with Gasteiger partial charge in [0.2, 0.25) is 0 Å². The molecule has 1 atom stereocenters. The van der Waals surface area contributed by atoms with Crippen LogP contribution < -0.4 is 5.32 Å². The first-order valence-corrected chi connectivity index (χ1v) is 5.43. The van der Waals surface area contributed by atoms with Crippen LogP contribution in [0, 0.1) is 6.92 Å². The molecule has 0 spiro atoms. The zero-order valence-electron chi connectivity index (χ0n) is 10.0. The first kappa shape index (κ1) is 12.2. The SMILES string of the molecule is Cc1cccc(C(C)(CO)NC(C)C)c1. The predicted molar refractivity (Wildman–Crippen MR) is 63.9 cm³/mol. The lowest BCUT2D eigenvalue weighted by atomic mass is 9.91. The van der Waals surface area contributed by atoms with Gasteiger partial charge in [-0.25, -0.2) is 0 Å². The monoisotopic (exact) mass is 207 g/mol. The van der Waals surface area contributed by atoms with Crippen molar-refractivity contribution in [3.8, 4) is 0 Å². The van der Waals surface area contributed by atoms with Gasteiger partial charge in [-0.2, -0.15) is 0 Å². The fraction of sp³-hybridized carbons (Fsp3) is 0.538. The molecule has 1 aromatic carbocycles. The van der Waals surface area contributed by atoms with E-state index in [-0.39, 0.29) is 12.1 Å². The van der Waals surface area contributed by atoms with Crippen LogP contribution in [0.4, 0.5) is 0 Å². The minimum Gasteiger partial charge on any atom is -0.394 e. The maximum atomic E-state index is 9.52. The molecule has 0 saturated heterocycles. The smallest absolute Gasteiger partial charge is 0.0652 e. The second-order valence-corrected chi connectivity index (χ2v) is 4.66. The Kier molecular flexibility index (Phi) is 3.89. The molecule has 2 N–H and O–H groups in total. The molecule has 1 rings (SSSR count). The van der Waals surface area contributed by atoms with Crippen LogP contribution in [-0.2, 0) is 5.54 Å². The van der Waals surface area contributed by atoms with Crippen LogP contribution in [0.3, 0.4) is 0 Å². The lowest BCUT2D eigenvalue weighted by Crippen LogP contribution is -2.46. The molecule has 84 valence electrons. The molecule has 2 heteroatoms. The minimum atomic E-state index is -0.347. The summed E-state index contributed by atoms with van der Waals surface area (Å²) in [5, 5.41) is 12.9. The van der Waals surface area contributed by atoms with Crippen molar-refractivity contribution in [3.63, 3.8) is 0 Å². The molecule has 0 aliphatic heterocycles. The quantitative estimate of drug-likeness (QED) is 0.793. The van der Waals surface area contributed by atoms with Crippen molar-refractivity contribution in [3.05, 3.63) is 35.4 Å². The molecule has 0 saturated carbocycles. The molecule has 0 aromatic heterocycles. The molecule has 0 aliphatic rings. The van der Waals surface area contributed by atoms with Gasteiger partial charge >= 0.3 is 0 Å². The predicted octanol–water partition coefficient (Wildman–Crippen LogP) is 2.20. The Bertz CT molecular complexity index is 322. The molecule has 1 aromatic rings. The highest BCUT2D eigenvalue weighted by Gasteiger charge is 2.25. The summed E-state index contributed by atoms with van der Waals surface area (Å²) in [6.45, 7) is 8.38. The van der Waals surface area contributed by atoms with Gasteiger partial charge < -0.3 is 10.4 Å². The second kappa shape index (κ2) is 4.77. The zero-order valence-corrected chi connectivity index (χ0v) is 10.0. The van der Waals surface area contributed by atoms with Gasteiger partial charge in [-0.05, 0) is 33.3 Å².